The van der Waals surface area contributed by atoms with Crippen LogP contribution < -0.4 is 15.8 Å². The number of aliphatic hydroxyl groups excluding tert-OH is 2. The summed E-state index contributed by atoms with van der Waals surface area (Å²) in [5.74, 6) is -1.25. The molecular formula is C17H18F3N2O9P. The fraction of sp³-hybridized carbons (Fsp3) is 0.412. The van der Waals surface area contributed by atoms with Crippen molar-refractivity contribution in [2.45, 2.75) is 37.1 Å². The van der Waals surface area contributed by atoms with Crippen molar-refractivity contribution in [2.75, 3.05) is 6.61 Å². The van der Waals surface area contributed by atoms with Crippen LogP contribution in [0.4, 0.5) is 13.2 Å². The molecule has 1 aromatic heterocycles. The summed E-state index contributed by atoms with van der Waals surface area (Å²) in [6, 6.07) is 6.44. The minimum absolute atomic E-state index is 0.138. The number of hydrogen-bond acceptors (Lipinski definition) is 9. The van der Waals surface area contributed by atoms with Gasteiger partial charge < -0.3 is 0 Å². The third-order valence-corrected chi connectivity index (χ3v) is 6.62. The number of para-hydroxylation sites is 1. The molecule has 0 saturated carbocycles. The quantitative estimate of drug-likeness (QED) is 0.430. The molecule has 2 aliphatic rings. The van der Waals surface area contributed by atoms with E-state index < -0.39 is 62.3 Å². The van der Waals surface area contributed by atoms with Gasteiger partial charge in [0.2, 0.25) is 0 Å². The molecule has 4 atom stereocenters. The molecule has 2 aromatic rings. The van der Waals surface area contributed by atoms with E-state index >= 15 is 0 Å². The number of aromatic amines is 1. The predicted molar refractivity (Wildman–Crippen MR) is 100 cm³/mol. The first kappa shape index (κ1) is 22.9. The fourth-order valence-corrected chi connectivity index (χ4v) is 4.80. The summed E-state index contributed by atoms with van der Waals surface area (Å²) in [6.07, 6.45) is -9.67. The van der Waals surface area contributed by atoms with Crippen LogP contribution >= 0.6 is 8.17 Å². The summed E-state index contributed by atoms with van der Waals surface area (Å²) in [7, 11) is -4.51. The maximum atomic E-state index is 14.0. The van der Waals surface area contributed by atoms with Crippen LogP contribution in [0.5, 0.6) is 5.75 Å². The Morgan fingerprint density at radius 1 is 1.31 bits per heavy atom. The molecule has 0 spiro atoms. The van der Waals surface area contributed by atoms with Crippen LogP contribution in [0.3, 0.4) is 0 Å². The Labute approximate surface area is 177 Å². The number of alkyl halides is 2. The van der Waals surface area contributed by atoms with Gasteiger partial charge in [0.05, 0.1) is 0 Å². The van der Waals surface area contributed by atoms with E-state index in [9.17, 15) is 37.9 Å². The number of ether oxygens (including phenoxy) is 1. The van der Waals surface area contributed by atoms with Gasteiger partial charge in [-0.1, -0.05) is 0 Å². The van der Waals surface area contributed by atoms with Crippen molar-refractivity contribution >= 4 is 8.17 Å². The average molecular weight is 482 g/mol. The number of aliphatic hydroxyl groups is 2. The van der Waals surface area contributed by atoms with Crippen LogP contribution in [-0.4, -0.2) is 55.5 Å². The van der Waals surface area contributed by atoms with E-state index in [2.05, 4.69) is 0 Å². The van der Waals surface area contributed by atoms with Gasteiger partial charge in [0.15, 0.2) is 0 Å². The van der Waals surface area contributed by atoms with Gasteiger partial charge in [0.25, 0.3) is 0 Å². The van der Waals surface area contributed by atoms with Crippen molar-refractivity contribution in [3.8, 4) is 5.75 Å². The van der Waals surface area contributed by atoms with Gasteiger partial charge >= 0.3 is 176 Å². The number of nitrogens with one attached hydrogen (secondary N) is 1. The van der Waals surface area contributed by atoms with Gasteiger partial charge in [0.1, 0.15) is 0 Å². The summed E-state index contributed by atoms with van der Waals surface area (Å²) in [4.78, 5) is 35.3. The molecule has 0 radical (unpaired) electrons. The molecule has 2 aliphatic heterocycles. The van der Waals surface area contributed by atoms with E-state index in [1.54, 1.807) is 23.2 Å². The number of rotatable bonds is 5. The van der Waals surface area contributed by atoms with Crippen molar-refractivity contribution in [3.05, 3.63) is 62.7 Å². The molecule has 32 heavy (non-hydrogen) atoms. The monoisotopic (exact) mass is 482 g/mol. The molecule has 0 amide bonds. The third kappa shape index (κ3) is 3.83. The van der Waals surface area contributed by atoms with Crippen molar-refractivity contribution in [2.24, 2.45) is 0 Å². The Kier molecular flexibility index (Phi) is 5.88. The average Bonchev–Trinajstić information content (AvgIpc) is 3.01. The molecule has 4 N–H and O–H groups in total. The number of aromatic nitrogens is 2. The summed E-state index contributed by atoms with van der Waals surface area (Å²) in [6.45, 7) is -1.36. The van der Waals surface area contributed by atoms with Crippen LogP contribution in [0.25, 0.3) is 0 Å². The van der Waals surface area contributed by atoms with Gasteiger partial charge in [-0.05, 0) is 0 Å². The first-order valence-corrected chi connectivity index (χ1v) is 10.8. The van der Waals surface area contributed by atoms with Crippen molar-refractivity contribution in [1.29, 1.82) is 0 Å². The molecule has 1 aromatic carbocycles. The van der Waals surface area contributed by atoms with Gasteiger partial charge in [-0.2, -0.15) is 0 Å². The standard InChI is InChI=1S/C17H18F3N2O9P/c18-9-5-22(16(26)21-13(9)25)14-11(23)12(24)17(30-14,15(19)20)7-29-32(27)28-6-8-3-1-2-4-10(8)31-32/h1-5,11-12,14-15,23-24,27,32H,6-7H2,(H,21,25,26)/t11-,12+,14-,17-/m1/s1. The molecule has 0 aliphatic carbocycles. The number of hydrogen-bond donors (Lipinski definition) is 4. The third-order valence-electron chi connectivity index (χ3n) is 5.13. The van der Waals surface area contributed by atoms with Crippen molar-refractivity contribution in [1.82, 2.24) is 9.55 Å². The van der Waals surface area contributed by atoms with Gasteiger partial charge in [-0.15, -0.1) is 0 Å². The molecular weight excluding hydrogens is 464 g/mol. The molecule has 11 nitrogen and oxygen atoms in total. The molecule has 1 saturated heterocycles. The Morgan fingerprint density at radius 2 is 2.03 bits per heavy atom. The van der Waals surface area contributed by atoms with E-state index in [0.29, 0.717) is 16.3 Å². The predicted octanol–water partition coefficient (Wildman–Crippen LogP) is -0.0418. The van der Waals surface area contributed by atoms with E-state index in [1.165, 1.54) is 6.07 Å². The molecule has 176 valence electrons. The zero-order valence-electron chi connectivity index (χ0n) is 16.0. The van der Waals surface area contributed by atoms with Crippen LogP contribution in [-0.2, 0) is 20.4 Å². The summed E-state index contributed by atoms with van der Waals surface area (Å²) in [5.41, 5.74) is -5.03. The Morgan fingerprint density at radius 3 is 2.75 bits per heavy atom. The summed E-state index contributed by atoms with van der Waals surface area (Å²) >= 11 is 0. The topological polar surface area (TPSA) is 152 Å². The van der Waals surface area contributed by atoms with Crippen LogP contribution in [0.15, 0.2) is 40.1 Å². The van der Waals surface area contributed by atoms with Crippen molar-refractivity contribution < 1.29 is 46.6 Å². The molecule has 3 heterocycles. The van der Waals surface area contributed by atoms with E-state index in [0.717, 1.165) is 0 Å². The van der Waals surface area contributed by atoms with Gasteiger partial charge in [-0.25, -0.2) is 0 Å². The Balaban J connectivity index is 1.59. The molecule has 15 heteroatoms. The molecule has 1 fully saturated rings. The van der Waals surface area contributed by atoms with Crippen LogP contribution in [0, 0.1) is 5.82 Å². The second-order valence-corrected chi connectivity index (χ2v) is 8.98. The number of halogens is 3. The van der Waals surface area contributed by atoms with E-state index in [1.807, 2.05) is 0 Å². The fourth-order valence-electron chi connectivity index (χ4n) is 3.38. The van der Waals surface area contributed by atoms with Crippen LogP contribution in [0.1, 0.15) is 11.8 Å². The normalized spacial score (nSPS) is 30.0. The SMILES string of the molecule is O=c1[nH]c(=O)n([C@@H]2O[C@@](CO[PH]3(O)OCc4ccccc4O3)(C(F)F)[C@@H](O)[C@H]2O)cc1F. The Bertz CT molecular complexity index is 1130. The zero-order chi connectivity index (χ0) is 23.3. The number of nitrogens with zero attached hydrogens (tertiary/aromatic N) is 1. The maximum absolute atomic E-state index is 14.0. The first-order chi connectivity index (χ1) is 15.1. The summed E-state index contributed by atoms with van der Waals surface area (Å²) in [5, 5.41) is 20.6. The van der Waals surface area contributed by atoms with Gasteiger partial charge in [-0.3, -0.25) is 0 Å². The first-order valence-electron chi connectivity index (χ1n) is 9.16. The molecule has 4 rings (SSSR count). The molecule has 0 bridgehead atoms. The zero-order valence-corrected chi connectivity index (χ0v) is 17.0. The minimum atomic E-state index is -4.51. The number of H-pyrrole nitrogens is 1. The second kappa shape index (κ2) is 8.23. The van der Waals surface area contributed by atoms with Crippen molar-refractivity contribution in [3.63, 3.8) is 0 Å². The van der Waals surface area contributed by atoms with Crippen LogP contribution in [0.2, 0.25) is 0 Å². The number of benzene rings is 1. The second-order valence-electron chi connectivity index (χ2n) is 7.15. The van der Waals surface area contributed by atoms with E-state index in [-0.39, 0.29) is 12.4 Å². The Hall–Kier alpha value is -2.32. The molecule has 0 unspecified atom stereocenters. The van der Waals surface area contributed by atoms with Gasteiger partial charge in [0, 0.05) is 0 Å². The number of fused-ring (bicyclic) bond motifs is 1. The van der Waals surface area contributed by atoms with E-state index in [4.69, 9.17) is 18.3 Å². The summed E-state index contributed by atoms with van der Waals surface area (Å²) < 4.78 is 62.6.